The zero-order chi connectivity index (χ0) is 27.2. The Morgan fingerprint density at radius 1 is 0.744 bits per heavy atom. The lowest BCUT2D eigenvalue weighted by molar-refractivity contribution is -0.115. The van der Waals surface area contributed by atoms with Crippen molar-refractivity contribution in [3.05, 3.63) is 119 Å². The van der Waals surface area contributed by atoms with Crippen molar-refractivity contribution < 1.29 is 9.59 Å². The first-order valence-electron chi connectivity index (χ1n) is 12.0. The molecule has 0 aliphatic heterocycles. The number of nitrogens with zero attached hydrogens (tertiary/aromatic N) is 4. The van der Waals surface area contributed by atoms with Gasteiger partial charge in [0.2, 0.25) is 5.91 Å². The number of nitrogens with one attached hydrogen (secondary N) is 1. The van der Waals surface area contributed by atoms with E-state index in [2.05, 4.69) is 20.6 Å². The molecule has 0 spiro atoms. The molecule has 1 N–H and O–H groups in total. The van der Waals surface area contributed by atoms with E-state index in [1.165, 1.54) is 4.68 Å². The van der Waals surface area contributed by atoms with E-state index in [9.17, 15) is 9.59 Å². The lowest BCUT2D eigenvalue weighted by atomic mass is 10.1. The van der Waals surface area contributed by atoms with Crippen molar-refractivity contribution in [3.8, 4) is 22.5 Å². The highest BCUT2D eigenvalue weighted by Crippen LogP contribution is 2.40. The van der Waals surface area contributed by atoms with Crippen LogP contribution in [-0.2, 0) is 4.79 Å². The summed E-state index contributed by atoms with van der Waals surface area (Å²) in [7, 11) is 0. The third kappa shape index (κ3) is 6.29. The van der Waals surface area contributed by atoms with Crippen molar-refractivity contribution in [1.82, 2.24) is 9.78 Å². The van der Waals surface area contributed by atoms with Gasteiger partial charge in [-0.3, -0.25) is 9.59 Å². The fourth-order valence-electron chi connectivity index (χ4n) is 3.93. The molecule has 9 heteroatoms. The highest BCUT2D eigenvalue weighted by molar-refractivity contribution is 6.31. The molecule has 1 amide bonds. The second-order valence-corrected chi connectivity index (χ2v) is 9.37. The Labute approximate surface area is 234 Å². The standard InChI is InChI=1S/C30H21Cl2N5O2/c31-22-14-16-24(17-15-22)34-35-29-28(20-8-3-1-4-9-20)36-37(30(29)21-10-5-2-6-11-21)27(39)19-26(38)33-25-13-7-12-23(32)18-25/h1-18H,19H2,(H,33,38). The normalized spacial score (nSPS) is 11.0. The van der Waals surface area contributed by atoms with Crippen molar-refractivity contribution in [2.75, 3.05) is 5.32 Å². The molecule has 0 saturated heterocycles. The van der Waals surface area contributed by atoms with Crippen molar-refractivity contribution in [1.29, 1.82) is 0 Å². The first-order chi connectivity index (χ1) is 19.0. The summed E-state index contributed by atoms with van der Waals surface area (Å²) >= 11 is 12.0. The minimum absolute atomic E-state index is 0.394. The average molecular weight is 554 g/mol. The van der Waals surface area contributed by atoms with Crippen LogP contribution in [0.4, 0.5) is 17.1 Å². The number of hydrogen-bond donors (Lipinski definition) is 1. The molecule has 0 saturated carbocycles. The third-order valence-electron chi connectivity index (χ3n) is 5.70. The third-order valence-corrected chi connectivity index (χ3v) is 6.19. The topological polar surface area (TPSA) is 88.7 Å². The summed E-state index contributed by atoms with van der Waals surface area (Å²) in [6.45, 7) is 0. The van der Waals surface area contributed by atoms with Crippen LogP contribution in [0.25, 0.3) is 22.5 Å². The SMILES string of the molecule is O=C(CC(=O)n1nc(-c2ccccc2)c(N=Nc2ccc(Cl)cc2)c1-c1ccccc1)Nc1cccc(Cl)c1. The minimum Gasteiger partial charge on any atom is -0.326 e. The summed E-state index contributed by atoms with van der Waals surface area (Å²) < 4.78 is 1.23. The molecule has 5 aromatic rings. The van der Waals surface area contributed by atoms with Gasteiger partial charge in [-0.1, -0.05) is 89.9 Å². The van der Waals surface area contributed by atoms with E-state index < -0.39 is 18.2 Å². The number of anilines is 1. The number of aromatic nitrogens is 2. The number of carbonyl (C=O) groups is 2. The van der Waals surface area contributed by atoms with Gasteiger partial charge >= 0.3 is 0 Å². The van der Waals surface area contributed by atoms with Crippen LogP contribution in [0.15, 0.2) is 119 Å². The van der Waals surface area contributed by atoms with Crippen LogP contribution in [0.1, 0.15) is 11.2 Å². The molecular weight excluding hydrogens is 533 g/mol. The van der Waals surface area contributed by atoms with E-state index in [0.29, 0.717) is 44.1 Å². The molecule has 0 atom stereocenters. The van der Waals surface area contributed by atoms with E-state index in [1.54, 1.807) is 48.5 Å². The van der Waals surface area contributed by atoms with Crippen molar-refractivity contribution in [2.45, 2.75) is 6.42 Å². The van der Waals surface area contributed by atoms with Crippen molar-refractivity contribution in [2.24, 2.45) is 10.2 Å². The van der Waals surface area contributed by atoms with Crippen LogP contribution in [-0.4, -0.2) is 21.6 Å². The first-order valence-corrected chi connectivity index (χ1v) is 12.7. The Morgan fingerprint density at radius 2 is 1.41 bits per heavy atom. The van der Waals surface area contributed by atoms with E-state index in [4.69, 9.17) is 23.2 Å². The van der Waals surface area contributed by atoms with Gasteiger partial charge in [0.25, 0.3) is 5.91 Å². The highest BCUT2D eigenvalue weighted by Gasteiger charge is 2.25. The van der Waals surface area contributed by atoms with Gasteiger partial charge in [-0.15, -0.1) is 5.11 Å². The van der Waals surface area contributed by atoms with Crippen LogP contribution in [0.2, 0.25) is 10.0 Å². The second-order valence-electron chi connectivity index (χ2n) is 8.50. The van der Waals surface area contributed by atoms with Crippen LogP contribution in [0.5, 0.6) is 0 Å². The number of rotatable bonds is 7. The Balaban J connectivity index is 1.59. The molecule has 0 aliphatic carbocycles. The van der Waals surface area contributed by atoms with Gasteiger partial charge < -0.3 is 5.32 Å². The monoisotopic (exact) mass is 553 g/mol. The Morgan fingerprint density at radius 3 is 2.08 bits per heavy atom. The zero-order valence-electron chi connectivity index (χ0n) is 20.5. The van der Waals surface area contributed by atoms with Gasteiger partial charge in [0.05, 0.1) is 5.69 Å². The van der Waals surface area contributed by atoms with Gasteiger partial charge in [0.15, 0.2) is 0 Å². The smallest absolute Gasteiger partial charge is 0.256 e. The zero-order valence-corrected chi connectivity index (χ0v) is 22.0. The average Bonchev–Trinajstić information content (AvgIpc) is 3.33. The largest absolute Gasteiger partial charge is 0.326 e. The van der Waals surface area contributed by atoms with Gasteiger partial charge in [-0.25, -0.2) is 0 Å². The molecular formula is C30H21Cl2N5O2. The fraction of sp³-hybridized carbons (Fsp3) is 0.0333. The molecule has 4 aromatic carbocycles. The number of hydrogen-bond acceptors (Lipinski definition) is 5. The molecule has 39 heavy (non-hydrogen) atoms. The Bertz CT molecular complexity index is 1650. The van der Waals surface area contributed by atoms with Crippen LogP contribution in [0, 0.1) is 0 Å². The van der Waals surface area contributed by atoms with Gasteiger partial charge in [-0.2, -0.15) is 14.9 Å². The molecule has 0 unspecified atom stereocenters. The molecule has 192 valence electrons. The Hall–Kier alpha value is -4.59. The summed E-state index contributed by atoms with van der Waals surface area (Å²) in [5.41, 5.74) is 3.79. The van der Waals surface area contributed by atoms with Crippen LogP contribution >= 0.6 is 23.2 Å². The van der Waals surface area contributed by atoms with Crippen LogP contribution in [0.3, 0.4) is 0 Å². The molecule has 0 fully saturated rings. The lowest BCUT2D eigenvalue weighted by Gasteiger charge is -2.08. The first kappa shape index (κ1) is 26.0. The number of amides is 1. The molecule has 1 heterocycles. The highest BCUT2D eigenvalue weighted by atomic mass is 35.5. The molecule has 0 aliphatic rings. The van der Waals surface area contributed by atoms with Crippen molar-refractivity contribution in [3.63, 3.8) is 0 Å². The predicted octanol–water partition coefficient (Wildman–Crippen LogP) is 8.61. The maximum Gasteiger partial charge on any atom is 0.256 e. The quantitative estimate of drug-likeness (QED) is 0.161. The molecule has 7 nitrogen and oxygen atoms in total. The van der Waals surface area contributed by atoms with E-state index in [0.717, 1.165) is 5.56 Å². The minimum atomic E-state index is -0.529. The number of carbonyl (C=O) groups excluding carboxylic acids is 2. The maximum atomic E-state index is 13.5. The molecule has 0 radical (unpaired) electrons. The van der Waals surface area contributed by atoms with Gasteiger partial charge in [0, 0.05) is 26.9 Å². The van der Waals surface area contributed by atoms with E-state index >= 15 is 0 Å². The van der Waals surface area contributed by atoms with Crippen LogP contribution < -0.4 is 5.32 Å². The summed E-state index contributed by atoms with van der Waals surface area (Å²) in [5.74, 6) is -1.03. The Kier molecular flexibility index (Phi) is 7.91. The molecule has 1 aromatic heterocycles. The fourth-order valence-corrected chi connectivity index (χ4v) is 4.25. The van der Waals surface area contributed by atoms with Gasteiger partial charge in [-0.05, 0) is 42.5 Å². The van der Waals surface area contributed by atoms with Crippen molar-refractivity contribution >= 4 is 52.1 Å². The number of azo groups is 1. The predicted molar refractivity (Wildman–Crippen MR) is 154 cm³/mol. The van der Waals surface area contributed by atoms with Gasteiger partial charge in [0.1, 0.15) is 23.5 Å². The van der Waals surface area contributed by atoms with E-state index in [1.807, 2.05) is 60.7 Å². The molecule has 0 bridgehead atoms. The number of benzene rings is 4. The van der Waals surface area contributed by atoms with E-state index in [-0.39, 0.29) is 0 Å². The maximum absolute atomic E-state index is 13.5. The number of halogens is 2. The molecule has 5 rings (SSSR count). The summed E-state index contributed by atoms with van der Waals surface area (Å²) in [6, 6.07) is 32.3. The second kappa shape index (κ2) is 11.9. The lowest BCUT2D eigenvalue weighted by Crippen LogP contribution is -2.22. The summed E-state index contributed by atoms with van der Waals surface area (Å²) in [4.78, 5) is 26.3. The summed E-state index contributed by atoms with van der Waals surface area (Å²) in [6.07, 6.45) is -0.448. The summed E-state index contributed by atoms with van der Waals surface area (Å²) in [5, 5.41) is 17.4.